The second kappa shape index (κ2) is 11.2. The van der Waals surface area contributed by atoms with Crippen LogP contribution >= 0.6 is 0 Å². The fraction of sp³-hybridized carbons (Fsp3) is 0.310. The third kappa shape index (κ3) is 5.59. The molecule has 1 fully saturated rings. The van der Waals surface area contributed by atoms with Crippen LogP contribution in [-0.2, 0) is 15.7 Å². The first-order chi connectivity index (χ1) is 19.6. The van der Waals surface area contributed by atoms with E-state index in [0.717, 1.165) is 23.9 Å². The van der Waals surface area contributed by atoms with Crippen LogP contribution in [0.15, 0.2) is 65.7 Å². The van der Waals surface area contributed by atoms with Crippen LogP contribution in [0, 0.1) is 5.82 Å². The fourth-order valence-corrected chi connectivity index (χ4v) is 5.16. The second-order valence-corrected chi connectivity index (χ2v) is 9.63. The number of methoxy groups -OCH3 is 2. The minimum atomic E-state index is -4.69. The number of carbonyl (C=O) groups is 1. The lowest BCUT2D eigenvalue weighted by Gasteiger charge is -2.45. The summed E-state index contributed by atoms with van der Waals surface area (Å²) in [5.41, 5.74) is -0.00536. The van der Waals surface area contributed by atoms with E-state index in [0.29, 0.717) is 31.9 Å². The summed E-state index contributed by atoms with van der Waals surface area (Å²) < 4.78 is 66.6. The van der Waals surface area contributed by atoms with Crippen molar-refractivity contribution in [2.75, 3.05) is 50.2 Å². The molecule has 3 aromatic carbocycles. The number of aliphatic imine (C=N–C) groups is 1. The van der Waals surface area contributed by atoms with Gasteiger partial charge in [-0.2, -0.15) is 13.2 Å². The SMILES string of the molecule is COC(=O)CC1c2cccc(F)c2N=C(N2CCN(c3cccc(OC)c3)CC2)N1c1cc(C(F)(F)F)ccc1O. The Hall–Kier alpha value is -4.48. The molecule has 0 aliphatic carbocycles. The van der Waals surface area contributed by atoms with Crippen LogP contribution in [0.25, 0.3) is 0 Å². The number of alkyl halides is 3. The largest absolute Gasteiger partial charge is 0.506 e. The summed E-state index contributed by atoms with van der Waals surface area (Å²) in [7, 11) is 2.77. The molecule has 0 radical (unpaired) electrons. The zero-order chi connectivity index (χ0) is 29.3. The molecule has 2 heterocycles. The molecular formula is C29H28F4N4O4. The van der Waals surface area contributed by atoms with Crippen molar-refractivity contribution >= 4 is 29.0 Å². The number of hydrogen-bond acceptors (Lipinski definition) is 8. The van der Waals surface area contributed by atoms with Crippen molar-refractivity contribution in [3.63, 3.8) is 0 Å². The number of para-hydroxylation sites is 1. The minimum Gasteiger partial charge on any atom is -0.506 e. The van der Waals surface area contributed by atoms with Crippen molar-refractivity contribution in [2.24, 2.45) is 4.99 Å². The van der Waals surface area contributed by atoms with E-state index in [1.54, 1.807) is 13.2 Å². The molecule has 12 heteroatoms. The van der Waals surface area contributed by atoms with Crippen molar-refractivity contribution in [1.82, 2.24) is 4.90 Å². The highest BCUT2D eigenvalue weighted by Crippen LogP contribution is 2.46. The summed E-state index contributed by atoms with van der Waals surface area (Å²) in [4.78, 5) is 22.4. The van der Waals surface area contributed by atoms with Crippen LogP contribution in [0.4, 0.5) is 34.6 Å². The van der Waals surface area contributed by atoms with Gasteiger partial charge in [-0.3, -0.25) is 4.79 Å². The topological polar surface area (TPSA) is 77.8 Å². The number of hydrogen-bond donors (Lipinski definition) is 1. The number of benzene rings is 3. The summed E-state index contributed by atoms with van der Waals surface area (Å²) in [5.74, 6) is -0.930. The first-order valence-electron chi connectivity index (χ1n) is 12.9. The molecule has 1 atom stereocenters. The smallest absolute Gasteiger partial charge is 0.416 e. The Labute approximate surface area is 234 Å². The number of ether oxygens (including phenoxy) is 2. The predicted octanol–water partition coefficient (Wildman–Crippen LogP) is 5.49. The van der Waals surface area contributed by atoms with Gasteiger partial charge in [-0.25, -0.2) is 9.38 Å². The summed E-state index contributed by atoms with van der Waals surface area (Å²) >= 11 is 0. The normalized spacial score (nSPS) is 17.2. The number of piperazine rings is 1. The van der Waals surface area contributed by atoms with Gasteiger partial charge in [-0.1, -0.05) is 18.2 Å². The van der Waals surface area contributed by atoms with E-state index in [4.69, 9.17) is 9.47 Å². The van der Waals surface area contributed by atoms with Crippen LogP contribution in [0.5, 0.6) is 11.5 Å². The zero-order valence-electron chi connectivity index (χ0n) is 22.4. The molecule has 2 aliphatic rings. The molecule has 1 unspecified atom stereocenters. The first kappa shape index (κ1) is 28.1. The van der Waals surface area contributed by atoms with E-state index in [2.05, 4.69) is 9.89 Å². The van der Waals surface area contributed by atoms with Crippen molar-refractivity contribution in [3.8, 4) is 11.5 Å². The molecule has 1 saturated heterocycles. The number of carbonyl (C=O) groups excluding carboxylic acids is 1. The van der Waals surface area contributed by atoms with E-state index in [-0.39, 0.29) is 29.3 Å². The highest BCUT2D eigenvalue weighted by atomic mass is 19.4. The van der Waals surface area contributed by atoms with Gasteiger partial charge in [-0.15, -0.1) is 0 Å². The zero-order valence-corrected chi connectivity index (χ0v) is 22.4. The van der Waals surface area contributed by atoms with Gasteiger partial charge >= 0.3 is 12.1 Å². The van der Waals surface area contributed by atoms with Crippen LogP contribution in [0.3, 0.4) is 0 Å². The van der Waals surface area contributed by atoms with E-state index in [9.17, 15) is 23.1 Å². The predicted molar refractivity (Wildman–Crippen MR) is 145 cm³/mol. The Balaban J connectivity index is 1.59. The highest BCUT2D eigenvalue weighted by molar-refractivity contribution is 6.02. The number of anilines is 2. The van der Waals surface area contributed by atoms with Gasteiger partial charge in [0.2, 0.25) is 5.96 Å². The number of fused-ring (bicyclic) bond motifs is 1. The monoisotopic (exact) mass is 572 g/mol. The van der Waals surface area contributed by atoms with Crippen molar-refractivity contribution < 1.29 is 36.9 Å². The van der Waals surface area contributed by atoms with Gasteiger partial charge in [0.25, 0.3) is 0 Å². The lowest BCUT2D eigenvalue weighted by molar-refractivity contribution is -0.141. The first-order valence-corrected chi connectivity index (χ1v) is 12.9. The lowest BCUT2D eigenvalue weighted by atomic mass is 9.96. The number of guanidine groups is 1. The molecule has 0 aromatic heterocycles. The van der Waals surface area contributed by atoms with Gasteiger partial charge in [0.1, 0.15) is 23.0 Å². The average molecular weight is 573 g/mol. The Morgan fingerprint density at radius 1 is 1.00 bits per heavy atom. The third-order valence-electron chi connectivity index (χ3n) is 7.25. The molecule has 1 N–H and O–H groups in total. The van der Waals surface area contributed by atoms with E-state index >= 15 is 4.39 Å². The molecule has 2 aliphatic heterocycles. The molecule has 0 bridgehead atoms. The standard InChI is InChI=1S/C29H28F4N4O4/c1-40-20-6-3-5-19(16-20)35-11-13-36(14-12-35)28-34-27-21(7-4-8-22(27)30)23(17-26(39)41-2)37(28)24-15-18(29(31,32)33)9-10-25(24)38/h3-10,15-16,23,38H,11-14,17H2,1-2H3. The Bertz CT molecular complexity index is 1470. The maximum absolute atomic E-state index is 15.1. The van der Waals surface area contributed by atoms with Gasteiger partial charge < -0.3 is 29.3 Å². The number of esters is 1. The minimum absolute atomic E-state index is 0.0191. The van der Waals surface area contributed by atoms with E-state index in [1.165, 1.54) is 24.1 Å². The van der Waals surface area contributed by atoms with Crippen LogP contribution in [0.2, 0.25) is 0 Å². The maximum atomic E-state index is 15.1. The Kier molecular flexibility index (Phi) is 7.65. The molecular weight excluding hydrogens is 544 g/mol. The van der Waals surface area contributed by atoms with Crippen molar-refractivity contribution in [2.45, 2.75) is 18.6 Å². The number of halogens is 4. The van der Waals surface area contributed by atoms with Gasteiger partial charge in [0.15, 0.2) is 0 Å². The molecule has 41 heavy (non-hydrogen) atoms. The fourth-order valence-electron chi connectivity index (χ4n) is 5.16. The molecule has 5 rings (SSSR count). The quantitative estimate of drug-likeness (QED) is 0.320. The average Bonchev–Trinajstić information content (AvgIpc) is 2.97. The molecule has 216 valence electrons. The van der Waals surface area contributed by atoms with Crippen molar-refractivity contribution in [3.05, 3.63) is 77.6 Å². The van der Waals surface area contributed by atoms with Crippen LogP contribution in [-0.4, -0.2) is 62.3 Å². The van der Waals surface area contributed by atoms with E-state index in [1.807, 2.05) is 29.2 Å². The van der Waals surface area contributed by atoms with Gasteiger partial charge in [-0.05, 0) is 36.4 Å². The summed E-state index contributed by atoms with van der Waals surface area (Å²) in [6.07, 6.45) is -5.02. The maximum Gasteiger partial charge on any atom is 0.416 e. The number of nitrogens with zero attached hydrogens (tertiary/aromatic N) is 4. The van der Waals surface area contributed by atoms with Gasteiger partial charge in [0, 0.05) is 43.5 Å². The lowest BCUT2D eigenvalue weighted by Crippen LogP contribution is -2.55. The summed E-state index contributed by atoms with van der Waals surface area (Å²) in [5, 5.41) is 10.8. The van der Waals surface area contributed by atoms with Crippen LogP contribution in [0.1, 0.15) is 23.6 Å². The van der Waals surface area contributed by atoms with Crippen LogP contribution < -0.4 is 14.5 Å². The van der Waals surface area contributed by atoms with E-state index < -0.39 is 35.3 Å². The van der Waals surface area contributed by atoms with Gasteiger partial charge in [0.05, 0.1) is 37.9 Å². The number of phenols is 1. The molecule has 3 aromatic rings. The number of phenolic OH excluding ortho intramolecular Hbond substituents is 1. The molecule has 0 amide bonds. The Morgan fingerprint density at radius 3 is 2.39 bits per heavy atom. The molecule has 0 spiro atoms. The third-order valence-corrected chi connectivity index (χ3v) is 7.25. The highest BCUT2D eigenvalue weighted by Gasteiger charge is 2.40. The Morgan fingerprint density at radius 2 is 1.71 bits per heavy atom. The number of rotatable bonds is 5. The summed E-state index contributed by atoms with van der Waals surface area (Å²) in [6.45, 7) is 1.78. The second-order valence-electron chi connectivity index (χ2n) is 9.63. The number of aromatic hydroxyl groups is 1. The molecule has 8 nitrogen and oxygen atoms in total. The molecule has 0 saturated carbocycles. The summed E-state index contributed by atoms with van der Waals surface area (Å²) in [6, 6.07) is 13.3. The van der Waals surface area contributed by atoms with Crippen molar-refractivity contribution in [1.29, 1.82) is 0 Å².